The highest BCUT2D eigenvalue weighted by Crippen LogP contribution is 2.28. The van der Waals surface area contributed by atoms with Crippen molar-refractivity contribution in [2.75, 3.05) is 6.54 Å². The van der Waals surface area contributed by atoms with E-state index in [2.05, 4.69) is 26.2 Å². The van der Waals surface area contributed by atoms with Crippen molar-refractivity contribution in [2.45, 2.75) is 6.42 Å². The molecule has 2 rings (SSSR count). The van der Waals surface area contributed by atoms with Crippen LogP contribution in [0.2, 0.25) is 0 Å². The average molecular weight is 350 g/mol. The first kappa shape index (κ1) is 15.1. The van der Waals surface area contributed by atoms with E-state index in [9.17, 15) is 14.9 Å². The van der Waals surface area contributed by atoms with Crippen molar-refractivity contribution in [3.8, 4) is 0 Å². The van der Waals surface area contributed by atoms with Crippen molar-refractivity contribution in [1.29, 1.82) is 0 Å². The quantitative estimate of drug-likeness (QED) is 0.664. The minimum absolute atomic E-state index is 0.128. The zero-order valence-corrected chi connectivity index (χ0v) is 12.5. The van der Waals surface area contributed by atoms with Gasteiger partial charge in [0.2, 0.25) is 0 Å². The normalized spacial score (nSPS) is 10.1. The van der Waals surface area contributed by atoms with E-state index in [1.165, 1.54) is 12.1 Å². The summed E-state index contributed by atoms with van der Waals surface area (Å²) < 4.78 is 0.191. The molecule has 0 unspecified atom stereocenters. The van der Waals surface area contributed by atoms with Crippen LogP contribution in [0, 0.1) is 10.1 Å². The maximum Gasteiger partial charge on any atom is 0.284 e. The second-order valence-electron chi connectivity index (χ2n) is 4.26. The molecule has 21 heavy (non-hydrogen) atoms. The van der Waals surface area contributed by atoms with Gasteiger partial charge in [0.15, 0.2) is 0 Å². The lowest BCUT2D eigenvalue weighted by Gasteiger charge is -2.07. The number of nitrogens with one attached hydrogen (secondary N) is 1. The SMILES string of the molecule is O=C(NCCc1ccncc1)c1cccc([N+](=O)[O-])c1Br. The van der Waals surface area contributed by atoms with Gasteiger partial charge in [-0.1, -0.05) is 6.07 Å². The molecule has 0 atom stereocenters. The maximum atomic E-state index is 12.1. The van der Waals surface area contributed by atoms with E-state index in [-0.39, 0.29) is 21.6 Å². The molecule has 6 nitrogen and oxygen atoms in total. The summed E-state index contributed by atoms with van der Waals surface area (Å²) in [5, 5.41) is 13.6. The van der Waals surface area contributed by atoms with Gasteiger partial charge >= 0.3 is 0 Å². The van der Waals surface area contributed by atoms with Gasteiger partial charge in [0, 0.05) is 25.0 Å². The number of aromatic nitrogens is 1. The first-order chi connectivity index (χ1) is 10.1. The highest BCUT2D eigenvalue weighted by Gasteiger charge is 2.18. The molecule has 0 aliphatic heterocycles. The molecule has 2 aromatic rings. The third kappa shape index (κ3) is 3.85. The third-order valence-electron chi connectivity index (χ3n) is 2.87. The van der Waals surface area contributed by atoms with Crippen LogP contribution in [0.3, 0.4) is 0 Å². The Bertz CT molecular complexity index is 662. The summed E-state index contributed by atoms with van der Waals surface area (Å²) in [6.07, 6.45) is 4.05. The smallest absolute Gasteiger partial charge is 0.284 e. The molecule has 0 saturated carbocycles. The van der Waals surface area contributed by atoms with Crippen LogP contribution in [-0.4, -0.2) is 22.4 Å². The highest BCUT2D eigenvalue weighted by molar-refractivity contribution is 9.10. The largest absolute Gasteiger partial charge is 0.352 e. The number of nitro benzene ring substituents is 1. The minimum atomic E-state index is -0.530. The summed E-state index contributed by atoms with van der Waals surface area (Å²) in [6, 6.07) is 8.11. The highest BCUT2D eigenvalue weighted by atomic mass is 79.9. The van der Waals surface area contributed by atoms with Gasteiger partial charge in [0.05, 0.1) is 10.5 Å². The number of amides is 1. The Kier molecular flexibility index (Phi) is 4.99. The maximum absolute atomic E-state index is 12.1. The van der Waals surface area contributed by atoms with Gasteiger partial charge in [0.1, 0.15) is 4.47 Å². The predicted molar refractivity (Wildman–Crippen MR) is 81.1 cm³/mol. The number of nitro groups is 1. The zero-order chi connectivity index (χ0) is 15.2. The number of carbonyl (C=O) groups excluding carboxylic acids is 1. The molecule has 0 saturated heterocycles. The Morgan fingerprint density at radius 2 is 2.00 bits per heavy atom. The summed E-state index contributed by atoms with van der Waals surface area (Å²) >= 11 is 3.11. The third-order valence-corrected chi connectivity index (χ3v) is 3.70. The molecule has 0 radical (unpaired) electrons. The van der Waals surface area contributed by atoms with Gasteiger partial charge in [-0.2, -0.15) is 0 Å². The lowest BCUT2D eigenvalue weighted by molar-refractivity contribution is -0.385. The molecule has 0 aliphatic carbocycles. The molecule has 1 aromatic carbocycles. The van der Waals surface area contributed by atoms with E-state index in [0.717, 1.165) is 5.56 Å². The monoisotopic (exact) mass is 349 g/mol. The van der Waals surface area contributed by atoms with Gasteiger partial charge in [-0.25, -0.2) is 0 Å². The van der Waals surface area contributed by atoms with Crippen molar-refractivity contribution in [1.82, 2.24) is 10.3 Å². The van der Waals surface area contributed by atoms with Crippen LogP contribution in [0.4, 0.5) is 5.69 Å². The summed E-state index contributed by atoms with van der Waals surface area (Å²) in [5.74, 6) is -0.348. The molecule has 0 fully saturated rings. The minimum Gasteiger partial charge on any atom is -0.352 e. The van der Waals surface area contributed by atoms with Crippen molar-refractivity contribution in [3.05, 3.63) is 68.4 Å². The van der Waals surface area contributed by atoms with Gasteiger partial charge in [-0.05, 0) is 46.1 Å². The van der Waals surface area contributed by atoms with Gasteiger partial charge in [-0.3, -0.25) is 19.9 Å². The average Bonchev–Trinajstić information content (AvgIpc) is 2.48. The Balaban J connectivity index is 2.01. The molecule has 1 amide bonds. The number of hydrogen-bond acceptors (Lipinski definition) is 4. The topological polar surface area (TPSA) is 85.1 Å². The van der Waals surface area contributed by atoms with Crippen LogP contribution in [0.5, 0.6) is 0 Å². The van der Waals surface area contributed by atoms with E-state index < -0.39 is 4.92 Å². The Hall–Kier alpha value is -2.28. The standard InChI is InChI=1S/C14H12BrN3O3/c15-13-11(2-1-3-12(13)18(20)21)14(19)17-9-6-10-4-7-16-8-5-10/h1-5,7-8H,6,9H2,(H,17,19). The Morgan fingerprint density at radius 1 is 1.29 bits per heavy atom. The fourth-order valence-electron chi connectivity index (χ4n) is 1.80. The van der Waals surface area contributed by atoms with Crippen molar-refractivity contribution >= 4 is 27.5 Å². The second kappa shape index (κ2) is 6.94. The van der Waals surface area contributed by atoms with Gasteiger partial charge in [0.25, 0.3) is 11.6 Å². The molecule has 1 heterocycles. The van der Waals surface area contributed by atoms with Crippen molar-refractivity contribution in [3.63, 3.8) is 0 Å². The van der Waals surface area contributed by atoms with Crippen LogP contribution >= 0.6 is 15.9 Å². The fraction of sp³-hybridized carbons (Fsp3) is 0.143. The van der Waals surface area contributed by atoms with Crippen molar-refractivity contribution < 1.29 is 9.72 Å². The molecule has 0 aliphatic rings. The molecule has 7 heteroatoms. The van der Waals surface area contributed by atoms with Crippen LogP contribution in [0.15, 0.2) is 47.2 Å². The summed E-state index contributed by atoms with van der Waals surface area (Å²) in [4.78, 5) is 26.3. The second-order valence-corrected chi connectivity index (χ2v) is 5.05. The molecular weight excluding hydrogens is 338 g/mol. The first-order valence-electron chi connectivity index (χ1n) is 6.19. The van der Waals surface area contributed by atoms with Crippen LogP contribution in [0.1, 0.15) is 15.9 Å². The lowest BCUT2D eigenvalue weighted by Crippen LogP contribution is -2.26. The number of halogens is 1. The number of carbonyl (C=O) groups is 1. The Labute approximate surface area is 129 Å². The summed E-state index contributed by atoms with van der Waals surface area (Å²) in [7, 11) is 0. The van der Waals surface area contributed by atoms with Crippen LogP contribution in [-0.2, 0) is 6.42 Å². The number of rotatable bonds is 5. The number of hydrogen-bond donors (Lipinski definition) is 1. The summed E-state index contributed by atoms with van der Waals surface area (Å²) in [6.45, 7) is 0.442. The van der Waals surface area contributed by atoms with Gasteiger partial charge in [-0.15, -0.1) is 0 Å². The molecule has 1 aromatic heterocycles. The molecule has 0 bridgehead atoms. The van der Waals surface area contributed by atoms with E-state index in [4.69, 9.17) is 0 Å². The van der Waals surface area contributed by atoms with Crippen LogP contribution < -0.4 is 5.32 Å². The molecule has 1 N–H and O–H groups in total. The van der Waals surface area contributed by atoms with E-state index >= 15 is 0 Å². The zero-order valence-electron chi connectivity index (χ0n) is 11.0. The van der Waals surface area contributed by atoms with E-state index in [0.29, 0.717) is 13.0 Å². The first-order valence-corrected chi connectivity index (χ1v) is 6.99. The molecule has 0 spiro atoms. The number of nitrogens with zero attached hydrogens (tertiary/aromatic N) is 2. The lowest BCUT2D eigenvalue weighted by atomic mass is 10.1. The van der Waals surface area contributed by atoms with E-state index in [1.54, 1.807) is 18.5 Å². The number of pyridine rings is 1. The predicted octanol–water partition coefficient (Wildman–Crippen LogP) is 2.72. The fourth-order valence-corrected chi connectivity index (χ4v) is 2.39. The van der Waals surface area contributed by atoms with Crippen LogP contribution in [0.25, 0.3) is 0 Å². The van der Waals surface area contributed by atoms with E-state index in [1.807, 2.05) is 12.1 Å². The molecular formula is C14H12BrN3O3. The number of benzene rings is 1. The molecule has 108 valence electrons. The Morgan fingerprint density at radius 3 is 2.67 bits per heavy atom. The van der Waals surface area contributed by atoms with Gasteiger partial charge < -0.3 is 5.32 Å². The summed E-state index contributed by atoms with van der Waals surface area (Å²) in [5.41, 5.74) is 1.18. The van der Waals surface area contributed by atoms with Crippen molar-refractivity contribution in [2.24, 2.45) is 0 Å².